The van der Waals surface area contributed by atoms with Crippen molar-refractivity contribution >= 4 is 25.4 Å². The number of rotatable bonds is 2. The first-order chi connectivity index (χ1) is 6.69. The van der Waals surface area contributed by atoms with Crippen molar-refractivity contribution in [3.8, 4) is 0 Å². The molecule has 0 fully saturated rings. The predicted octanol–water partition coefficient (Wildman–Crippen LogP) is -1.51. The van der Waals surface area contributed by atoms with Crippen molar-refractivity contribution in [3.63, 3.8) is 0 Å². The van der Waals surface area contributed by atoms with Gasteiger partial charge in [-0.3, -0.25) is 0 Å². The van der Waals surface area contributed by atoms with Crippen molar-refractivity contribution in [2.75, 3.05) is 14.2 Å². The molecule has 0 atom stereocenters. The smallest absolute Gasteiger partial charge is 1.00 e. The van der Waals surface area contributed by atoms with E-state index >= 15 is 0 Å². The summed E-state index contributed by atoms with van der Waals surface area (Å²) in [7, 11) is 2.57. The first kappa shape index (κ1) is 17.9. The number of hydrogen-bond donors (Lipinski definition) is 0. The van der Waals surface area contributed by atoms with E-state index in [4.69, 9.17) is 0 Å². The molecule has 0 spiro atoms. The molecule has 0 saturated heterocycles. The second-order valence-electron chi connectivity index (χ2n) is 2.56. The summed E-state index contributed by atoms with van der Waals surface area (Å²) >= 11 is 0. The largest absolute Gasteiger partial charge is 1.00 e. The molecule has 1 aromatic carbocycles. The van der Waals surface area contributed by atoms with Gasteiger partial charge in [0.05, 0.1) is 25.3 Å². The van der Waals surface area contributed by atoms with Crippen LogP contribution in [0.25, 0.3) is 0 Å². The summed E-state index contributed by atoms with van der Waals surface area (Å²) in [6.07, 6.45) is 0. The van der Waals surface area contributed by atoms with E-state index in [0.717, 1.165) is 0 Å². The van der Waals surface area contributed by atoms with E-state index in [0.29, 0.717) is 11.1 Å². The third-order valence-corrected chi connectivity index (χ3v) is 1.70. The molecule has 6 heteroatoms. The molecule has 16 heavy (non-hydrogen) atoms. The molecule has 0 N–H and O–H groups in total. The average molecular weight is 252 g/mol. The van der Waals surface area contributed by atoms with Crippen molar-refractivity contribution in [2.45, 2.75) is 0 Å². The van der Waals surface area contributed by atoms with E-state index in [1.165, 1.54) is 20.3 Å². The van der Waals surface area contributed by atoms with Gasteiger partial charge in [-0.1, -0.05) is 6.07 Å². The summed E-state index contributed by atoms with van der Waals surface area (Å²) in [6.45, 7) is 0. The molecule has 0 saturated carbocycles. The fourth-order valence-corrected chi connectivity index (χ4v) is 1.01. The molecule has 1 aromatic rings. The SMILES string of the molecule is COC(=O)c1cccc(C(=O)OC)c1.S.[H-].[Na+]. The Morgan fingerprint density at radius 1 is 1.06 bits per heavy atom. The molecule has 0 unspecified atom stereocenters. The van der Waals surface area contributed by atoms with Crippen molar-refractivity contribution in [1.29, 1.82) is 0 Å². The summed E-state index contributed by atoms with van der Waals surface area (Å²) in [5.41, 5.74) is 0.658. The van der Waals surface area contributed by atoms with Crippen molar-refractivity contribution in [3.05, 3.63) is 35.4 Å². The van der Waals surface area contributed by atoms with Crippen LogP contribution in [0.3, 0.4) is 0 Å². The molecular weight excluding hydrogens is 239 g/mol. The first-order valence-corrected chi connectivity index (χ1v) is 3.95. The van der Waals surface area contributed by atoms with Crippen LogP contribution in [0.1, 0.15) is 22.1 Å². The van der Waals surface area contributed by atoms with Crippen LogP contribution in [0.15, 0.2) is 24.3 Å². The summed E-state index contributed by atoms with van der Waals surface area (Å²) < 4.78 is 9.03. The van der Waals surface area contributed by atoms with Crippen LogP contribution in [0.2, 0.25) is 0 Å². The van der Waals surface area contributed by atoms with Gasteiger partial charge in [-0.25, -0.2) is 9.59 Å². The monoisotopic (exact) mass is 252 g/mol. The maximum Gasteiger partial charge on any atom is 1.00 e. The first-order valence-electron chi connectivity index (χ1n) is 3.95. The molecule has 1 rings (SSSR count). The van der Waals surface area contributed by atoms with Crippen LogP contribution in [0.4, 0.5) is 0 Å². The minimum atomic E-state index is -0.476. The third-order valence-electron chi connectivity index (χ3n) is 1.70. The molecule has 0 aliphatic rings. The number of carbonyl (C=O) groups excluding carboxylic acids is 2. The van der Waals surface area contributed by atoms with E-state index in [1.807, 2.05) is 0 Å². The van der Waals surface area contributed by atoms with E-state index in [2.05, 4.69) is 9.47 Å². The molecule has 0 aliphatic carbocycles. The number of esters is 2. The molecule has 0 amide bonds. The average Bonchev–Trinajstić information content (AvgIpc) is 2.27. The molecular formula is C10H13NaO4S. The summed E-state index contributed by atoms with van der Waals surface area (Å²) in [6, 6.07) is 6.16. The topological polar surface area (TPSA) is 52.6 Å². The summed E-state index contributed by atoms with van der Waals surface area (Å²) in [4.78, 5) is 22.2. The normalized spacial score (nSPS) is 8.12. The Kier molecular flexibility index (Phi) is 9.66. The Balaban J connectivity index is -0.000000653. The molecule has 0 bridgehead atoms. The number of hydrogen-bond acceptors (Lipinski definition) is 4. The quantitative estimate of drug-likeness (QED) is 0.474. The number of ether oxygens (including phenoxy) is 2. The van der Waals surface area contributed by atoms with Gasteiger partial charge >= 0.3 is 41.5 Å². The van der Waals surface area contributed by atoms with Gasteiger partial charge in [0.1, 0.15) is 0 Å². The molecule has 84 valence electrons. The van der Waals surface area contributed by atoms with Gasteiger partial charge in [0.25, 0.3) is 0 Å². The Morgan fingerprint density at radius 2 is 1.44 bits per heavy atom. The standard InChI is InChI=1S/C10H10O4.Na.H2S.H/c1-13-9(11)7-4-3-5-8(6-7)10(12)14-2;;;/h3-6H,1-2H3;;1H2;/q;+1;;-1. The second kappa shape index (κ2) is 8.64. The fourth-order valence-electron chi connectivity index (χ4n) is 1.01. The molecule has 4 nitrogen and oxygen atoms in total. The molecule has 0 radical (unpaired) electrons. The van der Waals surface area contributed by atoms with Crippen molar-refractivity contribution in [1.82, 2.24) is 0 Å². The van der Waals surface area contributed by atoms with E-state index in [9.17, 15) is 9.59 Å². The Bertz CT molecular complexity index is 342. The minimum Gasteiger partial charge on any atom is -1.00 e. The molecule has 0 heterocycles. The van der Waals surface area contributed by atoms with Crippen LogP contribution in [-0.4, -0.2) is 26.2 Å². The minimum absolute atomic E-state index is 0. The van der Waals surface area contributed by atoms with E-state index in [-0.39, 0.29) is 44.5 Å². The zero-order valence-corrected chi connectivity index (χ0v) is 12.4. The van der Waals surface area contributed by atoms with E-state index < -0.39 is 11.9 Å². The zero-order valence-electron chi connectivity index (χ0n) is 10.4. The van der Waals surface area contributed by atoms with Gasteiger partial charge in [0.2, 0.25) is 0 Å². The summed E-state index contributed by atoms with van der Waals surface area (Å²) in [5, 5.41) is 0. The van der Waals surface area contributed by atoms with Crippen LogP contribution < -0.4 is 29.6 Å². The number of benzene rings is 1. The zero-order chi connectivity index (χ0) is 10.6. The Labute approximate surface area is 125 Å². The Hall–Kier alpha value is -0.490. The Morgan fingerprint density at radius 3 is 1.75 bits per heavy atom. The van der Waals surface area contributed by atoms with Gasteiger partial charge in [-0.05, 0) is 18.2 Å². The summed E-state index contributed by atoms with van der Waals surface area (Å²) in [5.74, 6) is -0.952. The van der Waals surface area contributed by atoms with Crippen LogP contribution in [-0.2, 0) is 9.47 Å². The van der Waals surface area contributed by atoms with Gasteiger partial charge in [-0.2, -0.15) is 13.5 Å². The third kappa shape index (κ3) is 4.57. The second-order valence-corrected chi connectivity index (χ2v) is 2.56. The molecule has 0 aromatic heterocycles. The van der Waals surface area contributed by atoms with Gasteiger partial charge in [-0.15, -0.1) is 0 Å². The fraction of sp³-hybridized carbons (Fsp3) is 0.200. The van der Waals surface area contributed by atoms with Gasteiger partial charge in [0, 0.05) is 0 Å². The maximum absolute atomic E-state index is 11.1. The number of carbonyl (C=O) groups is 2. The van der Waals surface area contributed by atoms with E-state index in [1.54, 1.807) is 18.2 Å². The van der Waals surface area contributed by atoms with Crippen molar-refractivity contribution in [2.24, 2.45) is 0 Å². The van der Waals surface area contributed by atoms with Crippen LogP contribution >= 0.6 is 13.5 Å². The van der Waals surface area contributed by atoms with Crippen molar-refractivity contribution < 1.29 is 50.0 Å². The maximum atomic E-state index is 11.1. The van der Waals surface area contributed by atoms with Crippen LogP contribution in [0.5, 0.6) is 0 Å². The predicted molar refractivity (Wildman–Crippen MR) is 60.6 cm³/mol. The molecule has 0 aliphatic heterocycles. The van der Waals surface area contributed by atoms with Gasteiger partial charge < -0.3 is 10.9 Å². The van der Waals surface area contributed by atoms with Crippen LogP contribution in [0, 0.1) is 0 Å². The number of methoxy groups -OCH3 is 2. The van der Waals surface area contributed by atoms with Gasteiger partial charge in [0.15, 0.2) is 0 Å².